The van der Waals surface area contributed by atoms with Crippen LogP contribution in [0.25, 0.3) is 0 Å². The van der Waals surface area contributed by atoms with Gasteiger partial charge < -0.3 is 15.3 Å². The minimum atomic E-state index is -0.533. The van der Waals surface area contributed by atoms with Crippen molar-refractivity contribution in [3.63, 3.8) is 0 Å². The highest BCUT2D eigenvalue weighted by atomic mass is 16.6. The van der Waals surface area contributed by atoms with Gasteiger partial charge >= 0.3 is 0 Å². The molecule has 0 aliphatic carbocycles. The molecular weight excluding hydrogens is 250 g/mol. The Morgan fingerprint density at radius 2 is 2.32 bits per heavy atom. The van der Waals surface area contributed by atoms with Gasteiger partial charge in [-0.3, -0.25) is 14.9 Å². The fourth-order valence-electron chi connectivity index (χ4n) is 2.14. The fourth-order valence-corrected chi connectivity index (χ4v) is 2.14. The number of nitro groups is 1. The maximum Gasteiger partial charge on any atom is 0.270 e. The van der Waals surface area contributed by atoms with Gasteiger partial charge in [-0.1, -0.05) is 0 Å². The van der Waals surface area contributed by atoms with Gasteiger partial charge in [0.1, 0.15) is 0 Å². The average molecular weight is 265 g/mol. The van der Waals surface area contributed by atoms with Crippen LogP contribution in [0, 0.1) is 10.1 Å². The molecule has 0 radical (unpaired) electrons. The summed E-state index contributed by atoms with van der Waals surface area (Å²) in [4.78, 5) is 24.0. The Kier molecular flexibility index (Phi) is 3.66. The Balaban J connectivity index is 2.33. The molecule has 1 heterocycles. The Labute approximate surface area is 110 Å². The molecule has 1 fully saturated rings. The number of benzene rings is 1. The van der Waals surface area contributed by atoms with E-state index in [0.717, 1.165) is 0 Å². The molecule has 1 unspecified atom stereocenters. The number of anilines is 1. The lowest BCUT2D eigenvalue weighted by Gasteiger charge is -2.17. The molecule has 0 spiro atoms. The van der Waals surface area contributed by atoms with E-state index in [-0.39, 0.29) is 23.7 Å². The summed E-state index contributed by atoms with van der Waals surface area (Å²) < 4.78 is 0. The first-order valence-electron chi connectivity index (χ1n) is 5.96. The second-order valence-electron chi connectivity index (χ2n) is 4.43. The van der Waals surface area contributed by atoms with Crippen molar-refractivity contribution in [2.24, 2.45) is 0 Å². The summed E-state index contributed by atoms with van der Waals surface area (Å²) >= 11 is 0. The Hall–Kier alpha value is -2.15. The van der Waals surface area contributed by atoms with Gasteiger partial charge in [-0.15, -0.1) is 0 Å². The van der Waals surface area contributed by atoms with E-state index in [1.54, 1.807) is 7.05 Å². The van der Waals surface area contributed by atoms with Crippen LogP contribution in [0.4, 0.5) is 11.4 Å². The third kappa shape index (κ3) is 2.65. The third-order valence-electron chi connectivity index (χ3n) is 3.16. The van der Waals surface area contributed by atoms with Crippen LogP contribution in [0.5, 0.6) is 0 Å². The molecule has 1 saturated heterocycles. The first kappa shape index (κ1) is 13.3. The maximum absolute atomic E-state index is 12.3. The van der Waals surface area contributed by atoms with Crippen molar-refractivity contribution < 1.29 is 14.8 Å². The lowest BCUT2D eigenvalue weighted by atomic mass is 10.1. The Morgan fingerprint density at radius 3 is 2.84 bits per heavy atom. The fraction of sp³-hybridized carbons (Fsp3) is 0.417. The van der Waals surface area contributed by atoms with Gasteiger partial charge in [0.25, 0.3) is 11.6 Å². The van der Waals surface area contributed by atoms with Gasteiger partial charge in [-0.2, -0.15) is 0 Å². The summed E-state index contributed by atoms with van der Waals surface area (Å²) in [6.07, 6.45) is 0.0240. The summed E-state index contributed by atoms with van der Waals surface area (Å²) in [7, 11) is 1.65. The monoisotopic (exact) mass is 265 g/mol. The number of hydrogen-bond donors (Lipinski definition) is 2. The molecule has 0 saturated carbocycles. The number of hydrogen-bond acceptors (Lipinski definition) is 5. The van der Waals surface area contributed by atoms with Crippen LogP contribution in [-0.4, -0.2) is 47.1 Å². The number of carbonyl (C=O) groups is 1. The van der Waals surface area contributed by atoms with Crippen LogP contribution >= 0.6 is 0 Å². The number of nitro benzene ring substituents is 1. The van der Waals surface area contributed by atoms with E-state index >= 15 is 0 Å². The zero-order chi connectivity index (χ0) is 14.0. The number of carbonyl (C=O) groups excluding carboxylic acids is 1. The van der Waals surface area contributed by atoms with Gasteiger partial charge in [0.15, 0.2) is 0 Å². The Bertz CT molecular complexity index is 518. The van der Waals surface area contributed by atoms with E-state index in [9.17, 15) is 20.0 Å². The van der Waals surface area contributed by atoms with Crippen LogP contribution in [0.2, 0.25) is 0 Å². The summed E-state index contributed by atoms with van der Waals surface area (Å²) in [6, 6.07) is 4.12. The van der Waals surface area contributed by atoms with E-state index in [0.29, 0.717) is 18.7 Å². The maximum atomic E-state index is 12.3. The van der Waals surface area contributed by atoms with E-state index in [1.807, 2.05) is 0 Å². The van der Waals surface area contributed by atoms with Crippen molar-refractivity contribution in [1.82, 2.24) is 4.90 Å². The van der Waals surface area contributed by atoms with E-state index in [1.165, 1.54) is 23.1 Å². The molecule has 1 aliphatic heterocycles. The minimum absolute atomic E-state index is 0.123. The number of non-ortho nitro benzene ring substituents is 1. The number of aliphatic hydroxyl groups is 1. The number of rotatable bonds is 3. The molecule has 0 bridgehead atoms. The van der Waals surface area contributed by atoms with Crippen LogP contribution in [0.3, 0.4) is 0 Å². The average Bonchev–Trinajstić information content (AvgIpc) is 2.83. The summed E-state index contributed by atoms with van der Waals surface area (Å²) in [5, 5.41) is 23.1. The quantitative estimate of drug-likeness (QED) is 0.623. The highest BCUT2D eigenvalue weighted by molar-refractivity contribution is 6.00. The largest absolute Gasteiger partial charge is 0.391 e. The normalized spacial score (nSPS) is 18.4. The highest BCUT2D eigenvalue weighted by Gasteiger charge is 2.27. The smallest absolute Gasteiger partial charge is 0.270 e. The molecule has 2 rings (SSSR count). The Morgan fingerprint density at radius 1 is 1.58 bits per heavy atom. The molecule has 19 heavy (non-hydrogen) atoms. The van der Waals surface area contributed by atoms with Crippen molar-refractivity contribution in [2.75, 3.05) is 25.5 Å². The molecule has 1 atom stereocenters. The zero-order valence-electron chi connectivity index (χ0n) is 10.5. The van der Waals surface area contributed by atoms with Gasteiger partial charge in [0.05, 0.1) is 16.6 Å². The molecule has 7 heteroatoms. The van der Waals surface area contributed by atoms with Gasteiger partial charge in [0, 0.05) is 38.0 Å². The lowest BCUT2D eigenvalue weighted by molar-refractivity contribution is -0.384. The molecule has 1 amide bonds. The number of amides is 1. The topological polar surface area (TPSA) is 95.7 Å². The summed E-state index contributed by atoms with van der Waals surface area (Å²) in [5.41, 5.74) is 0.671. The third-order valence-corrected chi connectivity index (χ3v) is 3.16. The van der Waals surface area contributed by atoms with Gasteiger partial charge in [-0.25, -0.2) is 0 Å². The van der Waals surface area contributed by atoms with E-state index in [2.05, 4.69) is 5.32 Å². The first-order valence-corrected chi connectivity index (χ1v) is 5.96. The first-order chi connectivity index (χ1) is 9.02. The van der Waals surface area contributed by atoms with Gasteiger partial charge in [-0.05, 0) is 12.5 Å². The van der Waals surface area contributed by atoms with Gasteiger partial charge in [0.2, 0.25) is 0 Å². The van der Waals surface area contributed by atoms with Crippen LogP contribution in [-0.2, 0) is 0 Å². The number of β-amino-alcohol motifs (C(OH)–C–C–N with tert-alkyl or cyclic N) is 1. The number of aliphatic hydroxyl groups excluding tert-OH is 1. The SMILES string of the molecule is CNc1ccc([N+](=O)[O-])cc1C(=O)N1CCC(O)C1. The number of likely N-dealkylation sites (tertiary alicyclic amines) is 1. The van der Waals surface area contributed by atoms with Crippen molar-refractivity contribution in [1.29, 1.82) is 0 Å². The molecule has 102 valence electrons. The summed E-state index contributed by atoms with van der Waals surface area (Å²) in [5.74, 6) is -0.301. The molecule has 0 aromatic heterocycles. The zero-order valence-corrected chi connectivity index (χ0v) is 10.5. The lowest BCUT2D eigenvalue weighted by Crippen LogP contribution is -2.30. The molecule has 1 aromatic rings. The van der Waals surface area contributed by atoms with Crippen LogP contribution in [0.15, 0.2) is 18.2 Å². The second kappa shape index (κ2) is 5.23. The highest BCUT2D eigenvalue weighted by Crippen LogP contribution is 2.24. The second-order valence-corrected chi connectivity index (χ2v) is 4.43. The molecule has 7 nitrogen and oxygen atoms in total. The van der Waals surface area contributed by atoms with Crippen molar-refractivity contribution in [3.8, 4) is 0 Å². The number of nitrogens with zero attached hydrogens (tertiary/aromatic N) is 2. The van der Waals surface area contributed by atoms with Crippen LogP contribution in [0.1, 0.15) is 16.8 Å². The predicted molar refractivity (Wildman–Crippen MR) is 69.2 cm³/mol. The van der Waals surface area contributed by atoms with Crippen molar-refractivity contribution in [3.05, 3.63) is 33.9 Å². The van der Waals surface area contributed by atoms with E-state index in [4.69, 9.17) is 0 Å². The standard InChI is InChI=1S/C12H15N3O4/c1-13-11-3-2-8(15(18)19)6-10(11)12(17)14-5-4-9(16)7-14/h2-3,6,9,13,16H,4-5,7H2,1H3. The van der Waals surface area contributed by atoms with Crippen molar-refractivity contribution in [2.45, 2.75) is 12.5 Å². The molecular formula is C12H15N3O4. The van der Waals surface area contributed by atoms with E-state index < -0.39 is 11.0 Å². The number of nitrogens with one attached hydrogen (secondary N) is 1. The van der Waals surface area contributed by atoms with Crippen molar-refractivity contribution >= 4 is 17.3 Å². The molecule has 1 aromatic carbocycles. The summed E-state index contributed by atoms with van der Waals surface area (Å²) in [6.45, 7) is 0.733. The molecule has 1 aliphatic rings. The minimum Gasteiger partial charge on any atom is -0.391 e. The van der Waals surface area contributed by atoms with Crippen LogP contribution < -0.4 is 5.32 Å². The predicted octanol–water partition coefficient (Wildman–Crippen LogP) is 0.843. The molecule has 2 N–H and O–H groups in total.